The summed E-state index contributed by atoms with van der Waals surface area (Å²) in [6.45, 7) is 5.84. The molecule has 0 N–H and O–H groups in total. The van der Waals surface area contributed by atoms with Gasteiger partial charge in [0, 0.05) is 74.2 Å². The molecule has 2 aromatic rings. The fourth-order valence-electron chi connectivity index (χ4n) is 3.69. The fourth-order valence-corrected chi connectivity index (χ4v) is 3.69. The van der Waals surface area contributed by atoms with E-state index in [1.165, 1.54) is 22.5 Å². The van der Waals surface area contributed by atoms with Crippen LogP contribution in [0.25, 0.3) is 0 Å². The monoisotopic (exact) mass is 346 g/mol. The molecule has 134 valence electrons. The van der Waals surface area contributed by atoms with Crippen LogP contribution < -0.4 is 9.80 Å². The highest BCUT2D eigenvalue weighted by molar-refractivity contribution is 5.89. The van der Waals surface area contributed by atoms with Crippen LogP contribution in [0.5, 0.6) is 0 Å². The third-order valence-electron chi connectivity index (χ3n) is 5.12. The van der Waals surface area contributed by atoms with Gasteiger partial charge in [-0.1, -0.05) is 36.4 Å². The van der Waals surface area contributed by atoms with E-state index in [2.05, 4.69) is 68.3 Å². The van der Waals surface area contributed by atoms with Gasteiger partial charge in [0.25, 0.3) is 0 Å². The van der Waals surface area contributed by atoms with Gasteiger partial charge in [0.2, 0.25) is 0 Å². The van der Waals surface area contributed by atoms with Crippen molar-refractivity contribution >= 4 is 23.8 Å². The van der Waals surface area contributed by atoms with Crippen LogP contribution in [-0.4, -0.2) is 51.7 Å². The Labute approximate surface area is 155 Å². The number of fused-ring (bicyclic) bond motifs is 7. The summed E-state index contributed by atoms with van der Waals surface area (Å²) in [6, 6.07) is 17.3. The average Bonchev–Trinajstić information content (AvgIpc) is 2.70. The molecule has 0 saturated carbocycles. The van der Waals surface area contributed by atoms with Crippen molar-refractivity contribution in [1.82, 2.24) is 0 Å². The summed E-state index contributed by atoms with van der Waals surface area (Å²) >= 11 is 0. The van der Waals surface area contributed by atoms with Gasteiger partial charge in [-0.3, -0.25) is 9.98 Å². The van der Waals surface area contributed by atoms with Gasteiger partial charge < -0.3 is 9.80 Å². The summed E-state index contributed by atoms with van der Waals surface area (Å²) in [5.41, 5.74) is 5.06. The van der Waals surface area contributed by atoms with Crippen molar-refractivity contribution in [2.45, 2.75) is 12.8 Å². The Hall–Kier alpha value is -2.62. The van der Waals surface area contributed by atoms with Gasteiger partial charge in [-0.2, -0.15) is 0 Å². The van der Waals surface area contributed by atoms with Crippen molar-refractivity contribution < 1.29 is 0 Å². The fraction of sp³-hybridized carbons (Fsp3) is 0.364. The summed E-state index contributed by atoms with van der Waals surface area (Å²) in [5, 5.41) is 0. The zero-order valence-corrected chi connectivity index (χ0v) is 15.2. The summed E-state index contributed by atoms with van der Waals surface area (Å²) < 4.78 is 0. The third kappa shape index (κ3) is 3.79. The number of nitrogens with zero attached hydrogens (tertiary/aromatic N) is 4. The lowest BCUT2D eigenvalue weighted by atomic mass is 10.1. The van der Waals surface area contributed by atoms with Gasteiger partial charge in [0.1, 0.15) is 0 Å². The highest BCUT2D eigenvalue weighted by atomic mass is 15.3. The number of hydrogen-bond acceptors (Lipinski definition) is 4. The molecular formula is C22H26N4. The number of piperazine rings is 1. The highest BCUT2D eigenvalue weighted by Gasteiger charge is 2.20. The summed E-state index contributed by atoms with van der Waals surface area (Å²) in [6.07, 6.45) is 6.25. The Kier molecular flexibility index (Phi) is 5.29. The molecule has 0 radical (unpaired) electrons. The van der Waals surface area contributed by atoms with Crippen LogP contribution in [0.3, 0.4) is 0 Å². The molecule has 26 heavy (non-hydrogen) atoms. The van der Waals surface area contributed by atoms with Crippen LogP contribution in [0.15, 0.2) is 58.5 Å². The minimum atomic E-state index is 0.869. The van der Waals surface area contributed by atoms with E-state index < -0.39 is 0 Å². The zero-order chi connectivity index (χ0) is 17.6. The first kappa shape index (κ1) is 16.8. The predicted molar refractivity (Wildman–Crippen MR) is 111 cm³/mol. The van der Waals surface area contributed by atoms with E-state index >= 15 is 0 Å². The van der Waals surface area contributed by atoms with Gasteiger partial charge in [0.15, 0.2) is 0 Å². The van der Waals surface area contributed by atoms with Crippen LogP contribution in [-0.2, 0) is 0 Å². The second-order valence-corrected chi connectivity index (χ2v) is 6.87. The Morgan fingerprint density at radius 2 is 1.00 bits per heavy atom. The quantitative estimate of drug-likeness (QED) is 0.729. The van der Waals surface area contributed by atoms with Crippen molar-refractivity contribution in [2.75, 3.05) is 49.1 Å². The van der Waals surface area contributed by atoms with E-state index in [1.807, 2.05) is 12.4 Å². The Balaban J connectivity index is 1.63. The molecule has 2 bridgehead atoms. The smallest absolute Gasteiger partial charge is 0.0456 e. The van der Waals surface area contributed by atoms with Gasteiger partial charge in [-0.05, 0) is 25.0 Å². The highest BCUT2D eigenvalue weighted by Crippen LogP contribution is 2.25. The molecule has 1 saturated heterocycles. The molecule has 4 heteroatoms. The number of para-hydroxylation sites is 2. The van der Waals surface area contributed by atoms with Crippen LogP contribution in [0.4, 0.5) is 11.4 Å². The van der Waals surface area contributed by atoms with E-state index in [1.54, 1.807) is 0 Å². The van der Waals surface area contributed by atoms with Crippen molar-refractivity contribution in [1.29, 1.82) is 0 Å². The lowest BCUT2D eigenvalue weighted by molar-refractivity contribution is 0.653. The van der Waals surface area contributed by atoms with E-state index in [4.69, 9.17) is 0 Å². The van der Waals surface area contributed by atoms with Gasteiger partial charge in [0.05, 0.1) is 0 Å². The maximum Gasteiger partial charge on any atom is 0.0456 e. The lowest BCUT2D eigenvalue weighted by Crippen LogP contribution is -2.47. The molecule has 4 nitrogen and oxygen atoms in total. The Bertz CT molecular complexity index is 721. The number of rotatable bonds is 0. The van der Waals surface area contributed by atoms with Gasteiger partial charge >= 0.3 is 0 Å². The van der Waals surface area contributed by atoms with E-state index in [9.17, 15) is 0 Å². The maximum atomic E-state index is 4.65. The molecule has 3 aliphatic heterocycles. The van der Waals surface area contributed by atoms with Crippen molar-refractivity contribution in [3.05, 3.63) is 59.7 Å². The largest absolute Gasteiger partial charge is 0.367 e. The summed E-state index contributed by atoms with van der Waals surface area (Å²) in [5.74, 6) is 0. The molecule has 1 fully saturated rings. The number of benzene rings is 2. The van der Waals surface area contributed by atoms with Crippen molar-refractivity contribution in [2.24, 2.45) is 9.98 Å². The topological polar surface area (TPSA) is 31.2 Å². The molecular weight excluding hydrogens is 320 g/mol. The molecule has 2 aromatic carbocycles. The van der Waals surface area contributed by atoms with Crippen molar-refractivity contribution in [3.8, 4) is 0 Å². The van der Waals surface area contributed by atoms with Crippen LogP contribution >= 0.6 is 0 Å². The van der Waals surface area contributed by atoms with E-state index in [-0.39, 0.29) is 0 Å². The first-order chi connectivity index (χ1) is 12.9. The molecule has 0 aromatic heterocycles. The maximum absolute atomic E-state index is 4.65. The molecule has 5 rings (SSSR count). The summed E-state index contributed by atoms with van der Waals surface area (Å²) in [7, 11) is 0. The summed E-state index contributed by atoms with van der Waals surface area (Å²) in [4.78, 5) is 14.3. The minimum absolute atomic E-state index is 0.869. The van der Waals surface area contributed by atoms with Crippen LogP contribution in [0.1, 0.15) is 24.0 Å². The molecule has 0 atom stereocenters. The van der Waals surface area contributed by atoms with E-state index in [0.717, 1.165) is 52.1 Å². The van der Waals surface area contributed by atoms with Crippen LogP contribution in [0, 0.1) is 0 Å². The number of anilines is 2. The van der Waals surface area contributed by atoms with Gasteiger partial charge in [-0.25, -0.2) is 0 Å². The molecule has 3 heterocycles. The zero-order valence-electron chi connectivity index (χ0n) is 15.2. The molecule has 0 spiro atoms. The molecule has 3 aliphatic rings. The standard InChI is InChI=1S/C22H26N4/c1-3-9-21-19(7-1)17-23-11-5-6-12-24-18-20-8-2-4-10-22(20)26-15-13-25(21)14-16-26/h1-4,7-10,17-18H,5-6,11-16H2. The third-order valence-corrected chi connectivity index (χ3v) is 5.12. The number of aliphatic imine (C=N–C) groups is 2. The SMILES string of the molecule is C1=NCCCCN=Cc2ccccc2N2CCN(CC2)c2ccccc21. The first-order valence-corrected chi connectivity index (χ1v) is 9.59. The second-order valence-electron chi connectivity index (χ2n) is 6.87. The Morgan fingerprint density at radius 1 is 0.577 bits per heavy atom. The second kappa shape index (κ2) is 8.17. The van der Waals surface area contributed by atoms with E-state index in [0.29, 0.717) is 0 Å². The molecule has 0 amide bonds. The normalized spacial score (nSPS) is 17.8. The number of hydrogen-bond donors (Lipinski definition) is 0. The first-order valence-electron chi connectivity index (χ1n) is 9.59. The average molecular weight is 346 g/mol. The predicted octanol–water partition coefficient (Wildman–Crippen LogP) is 3.64. The van der Waals surface area contributed by atoms with Gasteiger partial charge in [-0.15, -0.1) is 0 Å². The lowest BCUT2D eigenvalue weighted by Gasteiger charge is -2.38. The molecule has 0 unspecified atom stereocenters. The van der Waals surface area contributed by atoms with Crippen LogP contribution in [0.2, 0.25) is 0 Å². The minimum Gasteiger partial charge on any atom is -0.367 e. The Morgan fingerprint density at radius 3 is 1.46 bits per heavy atom. The molecule has 0 aliphatic carbocycles. The van der Waals surface area contributed by atoms with Crippen molar-refractivity contribution in [3.63, 3.8) is 0 Å².